The molecule has 37 heteroatoms. The first-order valence-corrected chi connectivity index (χ1v) is 26.5. The van der Waals surface area contributed by atoms with Crippen molar-refractivity contribution in [1.82, 2.24) is 10.6 Å². The number of amides is 2. The molecule has 0 spiro atoms. The average Bonchev–Trinajstić information content (AvgIpc) is 3.48. The minimum atomic E-state index is -2.34. The molecule has 35 atom stereocenters. The number of nitrogens with one attached hydrogen (secondary N) is 2. The molecule has 22 N–H and O–H groups in total. The number of carbonyl (C=O) groups excluding carboxylic acids is 2. The first kappa shape index (κ1) is 68.1. The van der Waals surface area contributed by atoms with Crippen LogP contribution in [0.4, 0.5) is 0 Å². The summed E-state index contributed by atoms with van der Waals surface area (Å²) in [6.45, 7) is -2.97. The lowest BCUT2D eigenvalue weighted by Gasteiger charge is -2.52. The highest BCUT2D eigenvalue weighted by molar-refractivity contribution is 5.73. The van der Waals surface area contributed by atoms with Gasteiger partial charge in [-0.2, -0.15) is 0 Å². The molecule has 83 heavy (non-hydrogen) atoms. The van der Waals surface area contributed by atoms with Crippen molar-refractivity contribution >= 4 is 11.8 Å². The number of aliphatic hydroxyl groups excluding tert-OH is 20. The van der Waals surface area contributed by atoms with Crippen molar-refractivity contribution in [2.24, 2.45) is 0 Å². The number of hydrogen-bond donors (Lipinski definition) is 22. The van der Waals surface area contributed by atoms with E-state index in [0.717, 1.165) is 13.8 Å². The molecule has 0 aromatic heterocycles. The number of ether oxygens (including phenoxy) is 13. The van der Waals surface area contributed by atoms with Gasteiger partial charge in [-0.1, -0.05) is 0 Å². The van der Waals surface area contributed by atoms with E-state index in [1.165, 1.54) is 6.92 Å². The summed E-state index contributed by atoms with van der Waals surface area (Å²) in [7, 11) is 0. The fraction of sp³-hybridized carbons (Fsp3) is 0.957. The van der Waals surface area contributed by atoms with Crippen LogP contribution in [0.15, 0.2) is 0 Å². The molecule has 482 valence electrons. The average molecular weight is 1220 g/mol. The summed E-state index contributed by atoms with van der Waals surface area (Å²) >= 11 is 0. The summed E-state index contributed by atoms with van der Waals surface area (Å²) in [6, 6.07) is -3.71. The van der Waals surface area contributed by atoms with E-state index in [1.54, 1.807) is 0 Å². The first-order chi connectivity index (χ1) is 39.2. The van der Waals surface area contributed by atoms with Gasteiger partial charge in [-0.3, -0.25) is 9.59 Å². The first-order valence-electron chi connectivity index (χ1n) is 26.5. The molecule has 7 aliphatic rings. The zero-order valence-corrected chi connectivity index (χ0v) is 44.5. The van der Waals surface area contributed by atoms with Crippen LogP contribution in [0.5, 0.6) is 0 Å². The SMILES string of the molecule is CC(=O)N[C@H]1[C@H](O[C@H]2[C@@H](O)[C@@H](CO)O[C@@H](O[C@H]3[C@H](O)[C@@H](O)C(O)O[C@@H]3CO)[C@@H]2O)O[C@H](CO)[C@@H](O[C@@H]2O[C@H](CO)[C@H](O)[C@H](O[C@@H]3O[C@H](CO)[C@@H](O)[C@H](O[C@@H]4O[C@H](CO)[C@H](O)[C@H](O)[C@H]4O)[C@H]3NC(C)=O)[C@H]2O)[C@@H]1O[C@@H]1O[C@@H](C)[C@@H](O)[C@@H](O)[C@@H]1O. The van der Waals surface area contributed by atoms with Crippen LogP contribution >= 0.6 is 0 Å². The van der Waals surface area contributed by atoms with Crippen LogP contribution in [0, 0.1) is 0 Å². The van der Waals surface area contributed by atoms with Gasteiger partial charge in [0.05, 0.1) is 45.7 Å². The molecule has 1 unspecified atom stereocenters. The van der Waals surface area contributed by atoms with E-state index >= 15 is 0 Å². The van der Waals surface area contributed by atoms with Gasteiger partial charge in [-0.15, -0.1) is 0 Å². The van der Waals surface area contributed by atoms with E-state index in [1.807, 2.05) is 0 Å². The van der Waals surface area contributed by atoms with Crippen molar-refractivity contribution in [3.63, 3.8) is 0 Å². The Labute approximate surface area is 470 Å². The van der Waals surface area contributed by atoms with E-state index in [-0.39, 0.29) is 0 Å². The Morgan fingerprint density at radius 2 is 0.639 bits per heavy atom. The molecule has 2 amide bonds. The molecule has 0 aromatic rings. The summed E-state index contributed by atoms with van der Waals surface area (Å²) in [5, 5.41) is 221. The van der Waals surface area contributed by atoms with Crippen molar-refractivity contribution in [1.29, 1.82) is 0 Å². The maximum atomic E-state index is 13.2. The van der Waals surface area contributed by atoms with Crippen LogP contribution in [0.2, 0.25) is 0 Å². The van der Waals surface area contributed by atoms with Crippen LogP contribution in [0.25, 0.3) is 0 Å². The van der Waals surface area contributed by atoms with Crippen molar-refractivity contribution in [3.8, 4) is 0 Å². The quantitative estimate of drug-likeness (QED) is 0.0538. The van der Waals surface area contributed by atoms with E-state index in [9.17, 15) is 112 Å². The van der Waals surface area contributed by atoms with Gasteiger partial charge < -0.3 is 174 Å². The Bertz CT molecular complexity index is 2040. The van der Waals surface area contributed by atoms with Gasteiger partial charge in [0.2, 0.25) is 11.8 Å². The van der Waals surface area contributed by atoms with Crippen LogP contribution in [-0.4, -0.2) is 368 Å². The molecule has 0 saturated carbocycles. The van der Waals surface area contributed by atoms with Gasteiger partial charge in [0.1, 0.15) is 165 Å². The molecule has 0 radical (unpaired) electrons. The second-order valence-electron chi connectivity index (χ2n) is 21.0. The monoisotopic (exact) mass is 1220 g/mol. The third kappa shape index (κ3) is 14.5. The van der Waals surface area contributed by atoms with Crippen molar-refractivity contribution in [2.75, 3.05) is 39.6 Å². The van der Waals surface area contributed by atoms with Crippen molar-refractivity contribution in [2.45, 2.75) is 236 Å². The normalized spacial score (nSPS) is 50.8. The number of aliphatic hydroxyl groups is 20. The fourth-order valence-electron chi connectivity index (χ4n) is 10.7. The number of carbonyl (C=O) groups is 2. The molecule has 7 fully saturated rings. The minimum Gasteiger partial charge on any atom is -0.394 e. The Hall–Kier alpha value is -2.38. The smallest absolute Gasteiger partial charge is 0.217 e. The molecule has 37 nitrogen and oxygen atoms in total. The second kappa shape index (κ2) is 29.3. The lowest BCUT2D eigenvalue weighted by Crippen LogP contribution is -2.72. The standard InChI is InChI=1S/C46H78N2O35/c1-10-21(57)26(62)30(66)43(71-10)81-37-20(48-12(3)56)42(83-38-24(60)15(6-51)75-45(32(38)68)78-34-17(8-53)72-40(70)29(65)28(34)64)77-18(9-54)35(37)79-46-33(69)39(25(61)16(7-52)76-46)82-41-19(47-11(2)55)36(23(59)14(5-50)73-41)80-44-31(67)27(63)22(58)13(4-49)74-44/h10,13-46,49-54,57-70H,4-9H2,1-3H3,(H,47,55)(H,48,56)/t10-,13+,14+,15+,16+,17+,18+,19+,20+,21+,22-,23+,24-,25-,26+,27-,28+,29+,30-,31+,32+,33+,34+,35+,36+,37+,38-,39-,40?,41-,42-,43-,44-,45-,46-/m0/s1. The molecule has 7 aliphatic heterocycles. The highest BCUT2D eigenvalue weighted by atomic mass is 16.8. The van der Waals surface area contributed by atoms with Gasteiger partial charge in [-0.05, 0) is 6.92 Å². The summed E-state index contributed by atoms with van der Waals surface area (Å²) in [5.74, 6) is -1.81. The van der Waals surface area contributed by atoms with Crippen molar-refractivity contribution < 1.29 is 173 Å². The molecule has 0 bridgehead atoms. The Kier molecular flexibility index (Phi) is 24.0. The zero-order chi connectivity index (χ0) is 61.2. The Balaban J connectivity index is 1.22. The minimum absolute atomic E-state index is 0.875. The van der Waals surface area contributed by atoms with Crippen molar-refractivity contribution in [3.05, 3.63) is 0 Å². The zero-order valence-electron chi connectivity index (χ0n) is 44.5. The Morgan fingerprint density at radius 1 is 0.313 bits per heavy atom. The Morgan fingerprint density at radius 3 is 1.10 bits per heavy atom. The van der Waals surface area contributed by atoms with E-state index < -0.39 is 266 Å². The lowest BCUT2D eigenvalue weighted by atomic mass is 9.93. The molecule has 7 heterocycles. The lowest BCUT2D eigenvalue weighted by molar-refractivity contribution is -0.396. The molecule has 7 rings (SSSR count). The van der Waals surface area contributed by atoms with E-state index in [2.05, 4.69) is 10.6 Å². The molecular weight excluding hydrogens is 1140 g/mol. The topological polar surface area (TPSA) is 583 Å². The third-order valence-electron chi connectivity index (χ3n) is 15.3. The maximum absolute atomic E-state index is 13.2. The van der Waals surface area contributed by atoms with Gasteiger partial charge in [0, 0.05) is 13.8 Å². The number of rotatable bonds is 20. The summed E-state index contributed by atoms with van der Waals surface area (Å²) in [4.78, 5) is 26.0. The molecule has 7 saturated heterocycles. The third-order valence-corrected chi connectivity index (χ3v) is 15.3. The van der Waals surface area contributed by atoms with Crippen LogP contribution < -0.4 is 10.6 Å². The summed E-state index contributed by atoms with van der Waals surface area (Å²) in [6.07, 6.45) is -64.6. The summed E-state index contributed by atoms with van der Waals surface area (Å²) < 4.78 is 75.9. The van der Waals surface area contributed by atoms with E-state index in [0.29, 0.717) is 0 Å². The highest BCUT2D eigenvalue weighted by Crippen LogP contribution is 2.39. The maximum Gasteiger partial charge on any atom is 0.217 e. The van der Waals surface area contributed by atoms with Crippen LogP contribution in [-0.2, 0) is 71.2 Å². The predicted molar refractivity (Wildman–Crippen MR) is 254 cm³/mol. The van der Waals surface area contributed by atoms with Crippen LogP contribution in [0.1, 0.15) is 20.8 Å². The largest absolute Gasteiger partial charge is 0.394 e. The van der Waals surface area contributed by atoms with Gasteiger partial charge in [0.15, 0.2) is 44.0 Å². The number of hydrogen-bond acceptors (Lipinski definition) is 35. The molecule has 0 aromatic carbocycles. The van der Waals surface area contributed by atoms with Gasteiger partial charge in [0.25, 0.3) is 0 Å². The van der Waals surface area contributed by atoms with Crippen LogP contribution in [0.3, 0.4) is 0 Å². The second-order valence-corrected chi connectivity index (χ2v) is 21.0. The molecule has 0 aliphatic carbocycles. The fourth-order valence-corrected chi connectivity index (χ4v) is 10.7. The summed E-state index contributed by atoms with van der Waals surface area (Å²) in [5.41, 5.74) is 0. The van der Waals surface area contributed by atoms with Gasteiger partial charge >= 0.3 is 0 Å². The molecular formula is C46H78N2O35. The van der Waals surface area contributed by atoms with E-state index in [4.69, 9.17) is 61.6 Å². The predicted octanol–water partition coefficient (Wildman–Crippen LogP) is -15.0. The van der Waals surface area contributed by atoms with Gasteiger partial charge in [-0.25, -0.2) is 0 Å². The highest BCUT2D eigenvalue weighted by Gasteiger charge is 2.60.